The number of halogens is 1. The van der Waals surface area contributed by atoms with Crippen molar-refractivity contribution in [1.82, 2.24) is 9.13 Å². The molecular weight excluding hydrogens is 316 g/mol. The summed E-state index contributed by atoms with van der Waals surface area (Å²) in [7, 11) is 0. The smallest absolute Gasteiger partial charge is 0.320 e. The highest BCUT2D eigenvalue weighted by Gasteiger charge is 2.16. The lowest BCUT2D eigenvalue weighted by Crippen LogP contribution is -2.41. The summed E-state index contributed by atoms with van der Waals surface area (Å²) in [6.07, 6.45) is 5.14. The van der Waals surface area contributed by atoms with Crippen molar-refractivity contribution in [1.29, 1.82) is 0 Å². The third-order valence-corrected chi connectivity index (χ3v) is 4.69. The fraction of sp³-hybridized carbons (Fsp3) is 0.412. The highest BCUT2D eigenvalue weighted by molar-refractivity contribution is 6.31. The number of hydrogen-bond acceptors (Lipinski definition) is 3. The largest absolute Gasteiger partial charge is 0.381 e. The molecule has 1 aromatic carbocycles. The zero-order chi connectivity index (χ0) is 16.4. The van der Waals surface area contributed by atoms with Gasteiger partial charge in [-0.25, -0.2) is 0 Å². The average molecular weight is 335 g/mol. The van der Waals surface area contributed by atoms with Gasteiger partial charge in [0.15, 0.2) is 0 Å². The maximum absolute atomic E-state index is 12.4. The number of aromatic nitrogens is 2. The van der Waals surface area contributed by atoms with Crippen LogP contribution in [0.5, 0.6) is 0 Å². The molecule has 0 radical (unpaired) electrons. The van der Waals surface area contributed by atoms with Crippen LogP contribution in [-0.4, -0.2) is 22.3 Å². The van der Waals surface area contributed by atoms with Crippen molar-refractivity contribution < 1.29 is 4.74 Å². The molecule has 0 unspecified atom stereocenters. The van der Waals surface area contributed by atoms with E-state index < -0.39 is 11.1 Å². The zero-order valence-corrected chi connectivity index (χ0v) is 13.8. The molecule has 2 heterocycles. The third-order valence-electron chi connectivity index (χ3n) is 4.29. The molecule has 0 N–H and O–H groups in total. The molecule has 1 aliphatic rings. The molecule has 0 atom stereocenters. The van der Waals surface area contributed by atoms with E-state index in [9.17, 15) is 9.59 Å². The predicted octanol–water partition coefficient (Wildman–Crippen LogP) is 2.39. The SMILES string of the molecule is Cc1ccc(-n2ccn(CC3CCOCC3)c(=O)c2=O)cc1Cl. The Bertz CT molecular complexity index is 819. The van der Waals surface area contributed by atoms with Crippen molar-refractivity contribution in [3.63, 3.8) is 0 Å². The van der Waals surface area contributed by atoms with Gasteiger partial charge in [-0.05, 0) is 43.4 Å². The van der Waals surface area contributed by atoms with Gasteiger partial charge in [0.05, 0.1) is 5.69 Å². The van der Waals surface area contributed by atoms with Gasteiger partial charge in [0.2, 0.25) is 0 Å². The highest BCUT2D eigenvalue weighted by Crippen LogP contribution is 2.18. The summed E-state index contributed by atoms with van der Waals surface area (Å²) in [5.41, 5.74) is 0.465. The van der Waals surface area contributed by atoms with Crippen molar-refractivity contribution in [3.05, 3.63) is 61.9 Å². The van der Waals surface area contributed by atoms with Crippen LogP contribution in [0, 0.1) is 12.8 Å². The molecule has 122 valence electrons. The Hall–Kier alpha value is -1.85. The van der Waals surface area contributed by atoms with E-state index in [0.29, 0.717) is 23.2 Å². The summed E-state index contributed by atoms with van der Waals surface area (Å²) < 4.78 is 8.17. The Morgan fingerprint density at radius 3 is 2.61 bits per heavy atom. The Morgan fingerprint density at radius 2 is 1.91 bits per heavy atom. The molecule has 1 fully saturated rings. The first kappa shape index (κ1) is 16.0. The van der Waals surface area contributed by atoms with Gasteiger partial charge in [0.1, 0.15) is 0 Å². The monoisotopic (exact) mass is 334 g/mol. The van der Waals surface area contributed by atoms with Crippen LogP contribution in [0.3, 0.4) is 0 Å². The van der Waals surface area contributed by atoms with Gasteiger partial charge >= 0.3 is 11.1 Å². The number of nitrogens with zero attached hydrogens (tertiary/aromatic N) is 2. The van der Waals surface area contributed by atoms with Crippen LogP contribution in [-0.2, 0) is 11.3 Å². The van der Waals surface area contributed by atoms with Gasteiger partial charge in [0, 0.05) is 37.2 Å². The number of hydrogen-bond donors (Lipinski definition) is 0. The molecule has 0 amide bonds. The maximum atomic E-state index is 12.4. The molecule has 1 aromatic heterocycles. The second-order valence-electron chi connectivity index (χ2n) is 5.92. The van der Waals surface area contributed by atoms with Crippen LogP contribution >= 0.6 is 11.6 Å². The molecule has 2 aromatic rings. The van der Waals surface area contributed by atoms with E-state index in [2.05, 4.69) is 0 Å². The van der Waals surface area contributed by atoms with Crippen LogP contribution in [0.2, 0.25) is 5.02 Å². The number of ether oxygens (including phenoxy) is 1. The molecule has 0 saturated carbocycles. The molecule has 0 spiro atoms. The third kappa shape index (κ3) is 3.41. The Balaban J connectivity index is 1.92. The predicted molar refractivity (Wildman–Crippen MR) is 89.6 cm³/mol. The van der Waals surface area contributed by atoms with Crippen molar-refractivity contribution in [2.45, 2.75) is 26.3 Å². The molecule has 0 bridgehead atoms. The average Bonchev–Trinajstić information content (AvgIpc) is 2.56. The fourth-order valence-electron chi connectivity index (χ4n) is 2.79. The number of aryl methyl sites for hydroxylation is 1. The van der Waals surface area contributed by atoms with E-state index in [1.807, 2.05) is 13.0 Å². The van der Waals surface area contributed by atoms with Crippen LogP contribution in [0.4, 0.5) is 0 Å². The van der Waals surface area contributed by atoms with Crippen LogP contribution < -0.4 is 11.1 Å². The first-order chi connectivity index (χ1) is 11.1. The molecule has 5 nitrogen and oxygen atoms in total. The zero-order valence-electron chi connectivity index (χ0n) is 13.0. The summed E-state index contributed by atoms with van der Waals surface area (Å²) in [5.74, 6) is 0.380. The minimum atomic E-state index is -0.556. The summed E-state index contributed by atoms with van der Waals surface area (Å²) in [6, 6.07) is 5.31. The molecule has 23 heavy (non-hydrogen) atoms. The topological polar surface area (TPSA) is 53.2 Å². The Labute approximate surface area is 139 Å². The van der Waals surface area contributed by atoms with Crippen molar-refractivity contribution >= 4 is 11.6 Å². The first-order valence-corrected chi connectivity index (χ1v) is 8.10. The minimum Gasteiger partial charge on any atom is -0.381 e. The van der Waals surface area contributed by atoms with Gasteiger partial charge in [-0.15, -0.1) is 0 Å². The quantitative estimate of drug-likeness (QED) is 0.810. The molecule has 6 heteroatoms. The number of rotatable bonds is 3. The van der Waals surface area contributed by atoms with Crippen LogP contribution in [0.25, 0.3) is 5.69 Å². The van der Waals surface area contributed by atoms with Gasteiger partial charge in [0.25, 0.3) is 0 Å². The first-order valence-electron chi connectivity index (χ1n) is 7.72. The van der Waals surface area contributed by atoms with Gasteiger partial charge < -0.3 is 9.30 Å². The second kappa shape index (κ2) is 6.72. The van der Waals surface area contributed by atoms with Gasteiger partial charge in [-0.3, -0.25) is 14.2 Å². The van der Waals surface area contributed by atoms with Crippen molar-refractivity contribution in [2.24, 2.45) is 5.92 Å². The molecule has 0 aliphatic carbocycles. The molecular formula is C17H19ClN2O3. The van der Waals surface area contributed by atoms with E-state index in [1.165, 1.54) is 9.13 Å². The fourth-order valence-corrected chi connectivity index (χ4v) is 2.97. The van der Waals surface area contributed by atoms with E-state index in [-0.39, 0.29) is 0 Å². The second-order valence-corrected chi connectivity index (χ2v) is 6.33. The van der Waals surface area contributed by atoms with E-state index in [4.69, 9.17) is 16.3 Å². The summed E-state index contributed by atoms with van der Waals surface area (Å²) in [6.45, 7) is 3.89. The van der Waals surface area contributed by atoms with Gasteiger partial charge in [-0.2, -0.15) is 0 Å². The van der Waals surface area contributed by atoms with Crippen LogP contribution in [0.15, 0.2) is 40.2 Å². The normalized spacial score (nSPS) is 15.7. The van der Waals surface area contributed by atoms with Crippen LogP contribution in [0.1, 0.15) is 18.4 Å². The van der Waals surface area contributed by atoms with Gasteiger partial charge in [-0.1, -0.05) is 17.7 Å². The van der Waals surface area contributed by atoms with Crippen molar-refractivity contribution in [3.8, 4) is 5.69 Å². The Kier molecular flexibility index (Phi) is 4.68. The minimum absolute atomic E-state index is 0.380. The Morgan fingerprint density at radius 1 is 1.17 bits per heavy atom. The molecule has 1 aliphatic heterocycles. The molecule has 1 saturated heterocycles. The summed E-state index contributed by atoms with van der Waals surface area (Å²) >= 11 is 6.11. The summed E-state index contributed by atoms with van der Waals surface area (Å²) in [5, 5.41) is 0.570. The lowest BCUT2D eigenvalue weighted by atomic mass is 10.0. The van der Waals surface area contributed by atoms with E-state index >= 15 is 0 Å². The lowest BCUT2D eigenvalue weighted by molar-refractivity contribution is 0.0609. The summed E-state index contributed by atoms with van der Waals surface area (Å²) in [4.78, 5) is 24.7. The standard InChI is InChI=1S/C17H19ClN2O3/c1-12-2-3-14(10-15(12)18)20-7-6-19(16(21)17(20)22)11-13-4-8-23-9-5-13/h2-3,6-7,10,13H,4-5,8-9,11H2,1H3. The van der Waals surface area contributed by atoms with Crippen molar-refractivity contribution in [2.75, 3.05) is 13.2 Å². The maximum Gasteiger partial charge on any atom is 0.320 e. The lowest BCUT2D eigenvalue weighted by Gasteiger charge is -2.22. The van der Waals surface area contributed by atoms with E-state index in [1.54, 1.807) is 24.5 Å². The molecule has 3 rings (SSSR count). The van der Waals surface area contributed by atoms with E-state index in [0.717, 1.165) is 31.6 Å². The number of benzene rings is 1. The highest BCUT2D eigenvalue weighted by atomic mass is 35.5.